The third kappa shape index (κ3) is 6.85. The van der Waals surface area contributed by atoms with E-state index in [-0.39, 0.29) is 59.2 Å². The fourth-order valence-electron chi connectivity index (χ4n) is 1.62. The van der Waals surface area contributed by atoms with Gasteiger partial charge in [0, 0.05) is 0 Å². The minimum absolute atomic E-state index is 0. The number of rotatable bonds is 2. The van der Waals surface area contributed by atoms with Gasteiger partial charge in [-0.2, -0.15) is 0 Å². The van der Waals surface area contributed by atoms with Crippen molar-refractivity contribution in [3.05, 3.63) is 0 Å². The molecule has 0 radical (unpaired) electrons. The number of hydrogen-bond donors (Lipinski definition) is 0. The first kappa shape index (κ1) is 17.2. The van der Waals surface area contributed by atoms with Gasteiger partial charge in [0.25, 0.3) is 0 Å². The molecule has 70 valence electrons. The molecular formula is C9H21KSi3. The average molecular weight is 253 g/mol. The molecule has 0 amide bonds. The zero-order chi connectivity index (χ0) is 9.99. The van der Waals surface area contributed by atoms with Gasteiger partial charge in [-0.05, 0) is 6.92 Å². The Morgan fingerprint density at radius 1 is 0.846 bits per heavy atom. The van der Waals surface area contributed by atoms with Gasteiger partial charge in [-0.15, -0.1) is 5.92 Å². The first-order valence-corrected chi connectivity index (χ1v) is 15.0. The predicted octanol–water partition coefficient (Wildman–Crippen LogP) is -0.119. The molecule has 0 heterocycles. The molecule has 0 unspecified atom stereocenters. The average Bonchev–Trinajstić information content (AvgIpc) is 1.77. The van der Waals surface area contributed by atoms with Crippen LogP contribution in [0.15, 0.2) is 0 Å². The minimum Gasteiger partial charge on any atom is -0.303 e. The van der Waals surface area contributed by atoms with Crippen molar-refractivity contribution in [1.82, 2.24) is 0 Å². The van der Waals surface area contributed by atoms with Gasteiger partial charge in [0.2, 0.25) is 0 Å². The van der Waals surface area contributed by atoms with Crippen LogP contribution in [0.2, 0.25) is 39.3 Å². The maximum absolute atomic E-state index is 3.54. The van der Waals surface area contributed by atoms with Crippen molar-refractivity contribution in [3.8, 4) is 11.5 Å². The summed E-state index contributed by atoms with van der Waals surface area (Å²) in [5.74, 6) is 3.15. The monoisotopic (exact) mass is 252 g/mol. The van der Waals surface area contributed by atoms with Crippen molar-refractivity contribution in [2.75, 3.05) is 0 Å². The maximum Gasteiger partial charge on any atom is 1.00 e. The SMILES string of the molecule is CC#C[Si-]([Si](C)(C)C)[Si](C)(C)C.[K+]. The minimum atomic E-state index is -0.953. The molecule has 0 aromatic heterocycles. The van der Waals surface area contributed by atoms with Crippen molar-refractivity contribution >= 4 is 23.0 Å². The van der Waals surface area contributed by atoms with Crippen LogP contribution in [-0.4, -0.2) is 23.0 Å². The molecule has 0 aliphatic carbocycles. The number of hydrogen-bond acceptors (Lipinski definition) is 0. The fraction of sp³-hybridized carbons (Fsp3) is 0.778. The second kappa shape index (κ2) is 6.43. The summed E-state index contributed by atoms with van der Waals surface area (Å²) in [6.07, 6.45) is 0. The fourth-order valence-corrected chi connectivity index (χ4v) is 34.9. The molecule has 13 heavy (non-hydrogen) atoms. The van der Waals surface area contributed by atoms with E-state index in [9.17, 15) is 0 Å². The molecule has 0 nitrogen and oxygen atoms in total. The van der Waals surface area contributed by atoms with Crippen LogP contribution >= 0.6 is 0 Å². The molecule has 0 spiro atoms. The second-order valence-electron chi connectivity index (χ2n) is 5.25. The zero-order valence-electron chi connectivity index (χ0n) is 10.5. The van der Waals surface area contributed by atoms with Gasteiger partial charge < -0.3 is 5.54 Å². The van der Waals surface area contributed by atoms with E-state index in [0.717, 1.165) is 0 Å². The Morgan fingerprint density at radius 2 is 1.15 bits per heavy atom. The van der Waals surface area contributed by atoms with E-state index in [0.29, 0.717) is 0 Å². The van der Waals surface area contributed by atoms with Crippen molar-refractivity contribution in [3.63, 3.8) is 0 Å². The third-order valence-corrected chi connectivity index (χ3v) is 28.5. The first-order chi connectivity index (χ1) is 5.19. The van der Waals surface area contributed by atoms with E-state index in [1.54, 1.807) is 0 Å². The van der Waals surface area contributed by atoms with Gasteiger partial charge in [0.15, 0.2) is 0 Å². The molecular weight excluding hydrogens is 231 g/mol. The van der Waals surface area contributed by atoms with Crippen LogP contribution in [0.4, 0.5) is 0 Å². The summed E-state index contributed by atoms with van der Waals surface area (Å²) >= 11 is 0. The molecule has 0 saturated carbocycles. The van der Waals surface area contributed by atoms with Crippen LogP contribution in [-0.2, 0) is 0 Å². The van der Waals surface area contributed by atoms with E-state index in [2.05, 4.69) is 50.7 Å². The molecule has 0 aliphatic heterocycles. The van der Waals surface area contributed by atoms with Crippen LogP contribution < -0.4 is 51.4 Å². The molecule has 0 aromatic rings. The maximum atomic E-state index is 3.54. The largest absolute Gasteiger partial charge is 1.00 e. The van der Waals surface area contributed by atoms with Gasteiger partial charge in [-0.25, -0.2) is 7.83 Å². The van der Waals surface area contributed by atoms with Crippen molar-refractivity contribution in [2.45, 2.75) is 46.2 Å². The summed E-state index contributed by atoms with van der Waals surface area (Å²) in [5.41, 5.74) is 3.54. The molecule has 4 heteroatoms. The first-order valence-electron chi connectivity index (χ1n) is 4.50. The van der Waals surface area contributed by atoms with Gasteiger partial charge in [0.05, 0.1) is 0 Å². The Kier molecular flexibility index (Phi) is 8.54. The van der Waals surface area contributed by atoms with E-state index in [1.807, 2.05) is 6.92 Å². The topological polar surface area (TPSA) is 0 Å². The molecule has 0 rings (SSSR count). The van der Waals surface area contributed by atoms with E-state index >= 15 is 0 Å². The Labute approximate surface area is 130 Å². The standard InChI is InChI=1S/C9H21Si3.K/c1-8-9-10(11(2,3)4)12(5,6)7;/h1-7H3;/q-1;+1. The van der Waals surface area contributed by atoms with E-state index in [4.69, 9.17) is 0 Å². The summed E-state index contributed by atoms with van der Waals surface area (Å²) in [4.78, 5) is 0. The molecule has 0 N–H and O–H groups in total. The van der Waals surface area contributed by atoms with Crippen LogP contribution in [0.3, 0.4) is 0 Å². The van der Waals surface area contributed by atoms with Crippen molar-refractivity contribution in [2.24, 2.45) is 0 Å². The smallest absolute Gasteiger partial charge is 0.303 e. The third-order valence-electron chi connectivity index (χ3n) is 1.75. The molecule has 0 fully saturated rings. The second-order valence-corrected chi connectivity index (χ2v) is 28.8. The molecule has 0 saturated heterocycles. The summed E-state index contributed by atoms with van der Waals surface area (Å²) in [6.45, 7) is 16.8. The summed E-state index contributed by atoms with van der Waals surface area (Å²) < 4.78 is 0. The molecule has 0 aromatic carbocycles. The van der Waals surface area contributed by atoms with E-state index in [1.165, 1.54) is 0 Å². The summed E-state index contributed by atoms with van der Waals surface area (Å²) in [5, 5.41) is 0. The Morgan fingerprint density at radius 3 is 1.23 bits per heavy atom. The van der Waals surface area contributed by atoms with E-state index < -0.39 is 15.2 Å². The van der Waals surface area contributed by atoms with Crippen LogP contribution in [0.1, 0.15) is 6.92 Å². The normalized spacial score (nSPS) is 11.0. The van der Waals surface area contributed by atoms with Crippen molar-refractivity contribution < 1.29 is 51.4 Å². The van der Waals surface area contributed by atoms with Crippen molar-refractivity contribution in [1.29, 1.82) is 0 Å². The van der Waals surface area contributed by atoms with Crippen LogP contribution in [0.25, 0.3) is 0 Å². The van der Waals surface area contributed by atoms with Gasteiger partial charge in [0.1, 0.15) is 0 Å². The Balaban J connectivity index is 0. The predicted molar refractivity (Wildman–Crippen MR) is 65.9 cm³/mol. The molecule has 0 bridgehead atoms. The van der Waals surface area contributed by atoms with Crippen LogP contribution in [0, 0.1) is 11.5 Å². The summed E-state index contributed by atoms with van der Waals surface area (Å²) in [7, 11) is -2.22. The van der Waals surface area contributed by atoms with Gasteiger partial charge in [-0.3, -0.25) is 0 Å². The quantitative estimate of drug-likeness (QED) is 0.475. The summed E-state index contributed by atoms with van der Waals surface area (Å²) in [6, 6.07) is 0. The Hall–Kier alpha value is 1.85. The molecule has 0 atom stereocenters. The Bertz CT molecular complexity index is 188. The molecule has 0 aliphatic rings. The van der Waals surface area contributed by atoms with Gasteiger partial charge >= 0.3 is 51.4 Å². The zero-order valence-corrected chi connectivity index (χ0v) is 16.6. The van der Waals surface area contributed by atoms with Gasteiger partial charge in [-0.1, -0.05) is 54.5 Å². The van der Waals surface area contributed by atoms with Crippen LogP contribution in [0.5, 0.6) is 0 Å².